The average molecular weight is 597 g/mol. The summed E-state index contributed by atoms with van der Waals surface area (Å²) in [5, 5.41) is 18.2. The van der Waals surface area contributed by atoms with Crippen LogP contribution in [-0.2, 0) is 27.9 Å². The summed E-state index contributed by atoms with van der Waals surface area (Å²) in [4.78, 5) is 22.2. The molecule has 0 saturated heterocycles. The second-order valence-corrected chi connectivity index (χ2v) is 12.3. The van der Waals surface area contributed by atoms with Gasteiger partial charge in [0.1, 0.15) is 12.2 Å². The fourth-order valence-electron chi connectivity index (χ4n) is 4.29. The van der Waals surface area contributed by atoms with Gasteiger partial charge >= 0.3 is 13.8 Å². The molecule has 0 aliphatic heterocycles. The number of phosphoric acid groups is 1. The minimum Gasteiger partial charge on any atom is -0.457 e. The lowest BCUT2D eigenvalue weighted by Gasteiger charge is -2.20. The molecule has 40 heavy (non-hydrogen) atoms. The van der Waals surface area contributed by atoms with Crippen molar-refractivity contribution in [1.29, 1.82) is 0 Å². The molecule has 0 heterocycles. The molecule has 0 bridgehead atoms. The Kier molecular flexibility index (Phi) is 28.2. The molecule has 0 aromatic carbocycles. The molecule has 0 amide bonds. The first-order chi connectivity index (χ1) is 19.3. The van der Waals surface area contributed by atoms with Crippen LogP contribution >= 0.6 is 7.82 Å². The first-order valence-electron chi connectivity index (χ1n) is 16.0. The summed E-state index contributed by atoms with van der Waals surface area (Å²) in [5.74, 6) is -0.388. The molecule has 0 aliphatic rings. The summed E-state index contributed by atoms with van der Waals surface area (Å²) in [6.45, 7) is 3.46. The van der Waals surface area contributed by atoms with Gasteiger partial charge in [0.2, 0.25) is 0 Å². The molecule has 0 fully saturated rings. The van der Waals surface area contributed by atoms with Gasteiger partial charge in [-0.3, -0.25) is 13.8 Å². The Morgan fingerprint density at radius 1 is 0.675 bits per heavy atom. The smallest absolute Gasteiger partial charge is 0.457 e. The van der Waals surface area contributed by atoms with Crippen molar-refractivity contribution in [2.45, 2.75) is 154 Å². The first-order valence-corrected chi connectivity index (χ1v) is 17.5. The van der Waals surface area contributed by atoms with Gasteiger partial charge in [-0.25, -0.2) is 4.57 Å². The zero-order chi connectivity index (χ0) is 29.7. The number of aliphatic hydroxyl groups is 2. The van der Waals surface area contributed by atoms with Gasteiger partial charge < -0.3 is 24.6 Å². The second kappa shape index (κ2) is 28.6. The molecule has 0 spiro atoms. The highest BCUT2D eigenvalue weighted by Gasteiger charge is 2.26. The topological polar surface area (TPSA) is 132 Å². The van der Waals surface area contributed by atoms with Crippen LogP contribution in [0.4, 0.5) is 0 Å². The molecular weight excluding hydrogens is 535 g/mol. The number of carbonyl (C=O) groups excluding carboxylic acids is 1. The van der Waals surface area contributed by atoms with E-state index in [2.05, 4.69) is 18.4 Å². The van der Waals surface area contributed by atoms with Gasteiger partial charge in [0, 0.05) is 13.0 Å². The van der Waals surface area contributed by atoms with Crippen molar-refractivity contribution in [3.05, 3.63) is 0 Å². The molecular formula is C30H61O9P. The third kappa shape index (κ3) is 27.6. The number of hydrogen-bond donors (Lipinski definition) is 3. The molecule has 3 N–H and O–H groups in total. The number of phosphoric ester groups is 1. The molecule has 0 aromatic rings. The van der Waals surface area contributed by atoms with Crippen LogP contribution in [0.15, 0.2) is 0 Å². The minimum atomic E-state index is -4.49. The fourth-order valence-corrected chi connectivity index (χ4v) is 5.08. The Labute approximate surface area is 244 Å². The molecule has 0 saturated carbocycles. The van der Waals surface area contributed by atoms with E-state index in [-0.39, 0.29) is 25.6 Å². The average Bonchev–Trinajstić information content (AvgIpc) is 2.94. The third-order valence-electron chi connectivity index (χ3n) is 6.79. The highest BCUT2D eigenvalue weighted by molar-refractivity contribution is 7.47. The highest BCUT2D eigenvalue weighted by atomic mass is 31.2. The second-order valence-electron chi connectivity index (χ2n) is 10.8. The number of unbranched alkanes of at least 4 members (excludes halogenated alkanes) is 17. The Morgan fingerprint density at radius 3 is 1.62 bits per heavy atom. The normalized spacial score (nSPS) is 14.6. The van der Waals surface area contributed by atoms with Crippen molar-refractivity contribution in [2.24, 2.45) is 0 Å². The quantitative estimate of drug-likeness (QED) is 0.0430. The van der Waals surface area contributed by atoms with Gasteiger partial charge in [-0.15, -0.1) is 0 Å². The van der Waals surface area contributed by atoms with E-state index in [1.54, 1.807) is 0 Å². The molecule has 0 radical (unpaired) electrons. The van der Waals surface area contributed by atoms with Crippen LogP contribution in [0.5, 0.6) is 0 Å². The van der Waals surface area contributed by atoms with Gasteiger partial charge in [-0.05, 0) is 12.8 Å². The fraction of sp³-hybridized carbons (Fsp3) is 0.967. The van der Waals surface area contributed by atoms with E-state index in [1.165, 1.54) is 89.9 Å². The van der Waals surface area contributed by atoms with Crippen molar-refractivity contribution in [2.75, 3.05) is 33.0 Å². The molecule has 10 heteroatoms. The third-order valence-corrected chi connectivity index (χ3v) is 7.74. The molecule has 0 aliphatic carbocycles. The Balaban J connectivity index is 4.24. The number of aliphatic hydroxyl groups excluding tert-OH is 2. The predicted molar refractivity (Wildman–Crippen MR) is 159 cm³/mol. The zero-order valence-electron chi connectivity index (χ0n) is 25.6. The van der Waals surface area contributed by atoms with Crippen LogP contribution in [0.25, 0.3) is 0 Å². The number of esters is 1. The van der Waals surface area contributed by atoms with Crippen LogP contribution in [0.1, 0.15) is 142 Å². The largest absolute Gasteiger partial charge is 0.472 e. The van der Waals surface area contributed by atoms with E-state index >= 15 is 0 Å². The van der Waals surface area contributed by atoms with Crippen LogP contribution < -0.4 is 0 Å². The monoisotopic (exact) mass is 596 g/mol. The van der Waals surface area contributed by atoms with Crippen LogP contribution in [0, 0.1) is 0 Å². The standard InChI is InChI=1S/C30H61O9P/c1-3-5-7-9-11-12-13-14-15-17-19-21-23-36-26-29(27-38-40(34,35)37-25-28(32)24-31)39-30(33)22-20-18-16-10-8-6-4-2/h28-29,31-32H,3-27H2,1-2H3,(H,34,35). The maximum absolute atomic E-state index is 12.4. The van der Waals surface area contributed by atoms with E-state index < -0.39 is 33.2 Å². The maximum Gasteiger partial charge on any atom is 0.472 e. The van der Waals surface area contributed by atoms with Crippen LogP contribution in [-0.4, -0.2) is 66.3 Å². The highest BCUT2D eigenvalue weighted by Crippen LogP contribution is 2.43. The summed E-state index contributed by atoms with van der Waals surface area (Å²) in [6.07, 6.45) is 20.8. The lowest BCUT2D eigenvalue weighted by molar-refractivity contribution is -0.154. The number of ether oxygens (including phenoxy) is 2. The Hall–Kier alpha value is -0.540. The Bertz CT molecular complexity index is 606. The van der Waals surface area contributed by atoms with E-state index in [1.807, 2.05) is 0 Å². The van der Waals surface area contributed by atoms with E-state index in [0.717, 1.165) is 32.1 Å². The SMILES string of the molecule is CCCCCCCCCCCCCCOCC(COP(=O)(O)OCC(O)CO)OC(=O)CCCCCCCCC. The first kappa shape index (κ1) is 39.5. The number of rotatable bonds is 31. The predicted octanol–water partition coefficient (Wildman–Crippen LogP) is 7.24. The van der Waals surface area contributed by atoms with Crippen molar-refractivity contribution < 1.29 is 43.0 Å². The summed E-state index contributed by atoms with van der Waals surface area (Å²) in [7, 11) is -4.49. The lowest BCUT2D eigenvalue weighted by Crippen LogP contribution is -2.29. The van der Waals surface area contributed by atoms with Crippen molar-refractivity contribution >= 4 is 13.8 Å². The molecule has 9 nitrogen and oxygen atoms in total. The van der Waals surface area contributed by atoms with Crippen molar-refractivity contribution in [3.8, 4) is 0 Å². The van der Waals surface area contributed by atoms with Gasteiger partial charge in [-0.2, -0.15) is 0 Å². The molecule has 0 aromatic heterocycles. The van der Waals surface area contributed by atoms with Crippen LogP contribution in [0.2, 0.25) is 0 Å². The number of carbonyl (C=O) groups is 1. The van der Waals surface area contributed by atoms with E-state index in [0.29, 0.717) is 6.61 Å². The minimum absolute atomic E-state index is 0.0556. The maximum atomic E-state index is 12.4. The molecule has 240 valence electrons. The van der Waals surface area contributed by atoms with Crippen LogP contribution in [0.3, 0.4) is 0 Å². The zero-order valence-corrected chi connectivity index (χ0v) is 26.5. The molecule has 0 rings (SSSR count). The number of hydrogen-bond acceptors (Lipinski definition) is 8. The van der Waals surface area contributed by atoms with Crippen molar-refractivity contribution in [1.82, 2.24) is 0 Å². The van der Waals surface area contributed by atoms with Crippen molar-refractivity contribution in [3.63, 3.8) is 0 Å². The Morgan fingerprint density at radius 2 is 1.12 bits per heavy atom. The van der Waals surface area contributed by atoms with Gasteiger partial charge in [0.05, 0.1) is 26.4 Å². The molecule has 3 unspecified atom stereocenters. The molecule has 3 atom stereocenters. The summed E-state index contributed by atoms with van der Waals surface area (Å²) in [5.41, 5.74) is 0. The summed E-state index contributed by atoms with van der Waals surface area (Å²) in [6, 6.07) is 0. The summed E-state index contributed by atoms with van der Waals surface area (Å²) >= 11 is 0. The van der Waals surface area contributed by atoms with E-state index in [9.17, 15) is 19.4 Å². The lowest BCUT2D eigenvalue weighted by atomic mass is 10.1. The van der Waals surface area contributed by atoms with E-state index in [4.69, 9.17) is 19.1 Å². The van der Waals surface area contributed by atoms with Gasteiger partial charge in [0.25, 0.3) is 0 Å². The summed E-state index contributed by atoms with van der Waals surface area (Å²) < 4.78 is 32.9. The van der Waals surface area contributed by atoms with Gasteiger partial charge in [-0.1, -0.05) is 123 Å². The van der Waals surface area contributed by atoms with Gasteiger partial charge in [0.15, 0.2) is 0 Å².